The summed E-state index contributed by atoms with van der Waals surface area (Å²) in [5.41, 5.74) is 1.67. The van der Waals surface area contributed by atoms with Crippen molar-refractivity contribution < 1.29 is 0 Å². The van der Waals surface area contributed by atoms with Crippen LogP contribution in [0.1, 0.15) is 79.6 Å². The second kappa shape index (κ2) is 3.75. The van der Waals surface area contributed by atoms with Gasteiger partial charge >= 0.3 is 0 Å². The van der Waals surface area contributed by atoms with Crippen molar-refractivity contribution in [2.75, 3.05) is 0 Å². The zero-order valence-electron chi connectivity index (χ0n) is 12.0. The monoisotopic (exact) mass is 222 g/mol. The van der Waals surface area contributed by atoms with Gasteiger partial charge in [-0.15, -0.1) is 0 Å². The Morgan fingerprint density at radius 1 is 0.875 bits per heavy atom. The van der Waals surface area contributed by atoms with E-state index in [4.69, 9.17) is 0 Å². The summed E-state index contributed by atoms with van der Waals surface area (Å²) in [6.45, 7) is 12.7. The molecule has 0 nitrogen and oxygen atoms in total. The lowest BCUT2D eigenvalue weighted by Crippen LogP contribution is -2.57. The smallest absolute Gasteiger partial charge is 0.0220 e. The predicted molar refractivity (Wildman–Crippen MR) is 71.5 cm³/mol. The van der Waals surface area contributed by atoms with Crippen molar-refractivity contribution in [3.05, 3.63) is 0 Å². The average molecular weight is 222 g/mol. The molecule has 2 fully saturated rings. The topological polar surface area (TPSA) is 0 Å². The molecule has 0 aromatic rings. The molecule has 2 aliphatic rings. The first-order chi connectivity index (χ1) is 7.31. The van der Waals surface area contributed by atoms with Crippen LogP contribution in [0.2, 0.25) is 0 Å². The van der Waals surface area contributed by atoms with Crippen LogP contribution in [0, 0.1) is 22.2 Å². The second-order valence-corrected chi connectivity index (χ2v) is 7.77. The Bertz CT molecular complexity index is 255. The van der Waals surface area contributed by atoms with Gasteiger partial charge in [0.15, 0.2) is 0 Å². The molecular weight excluding hydrogens is 192 g/mol. The van der Waals surface area contributed by atoms with Gasteiger partial charge in [0.1, 0.15) is 0 Å². The van der Waals surface area contributed by atoms with Crippen LogP contribution in [0.3, 0.4) is 0 Å². The van der Waals surface area contributed by atoms with Crippen molar-refractivity contribution in [3.8, 4) is 0 Å². The summed E-state index contributed by atoms with van der Waals surface area (Å²) < 4.78 is 0. The van der Waals surface area contributed by atoms with Crippen LogP contribution in [-0.2, 0) is 0 Å². The molecule has 1 atom stereocenters. The van der Waals surface area contributed by atoms with Gasteiger partial charge in [-0.3, -0.25) is 0 Å². The van der Waals surface area contributed by atoms with E-state index in [0.29, 0.717) is 16.2 Å². The predicted octanol–water partition coefficient (Wildman–Crippen LogP) is 5.42. The lowest BCUT2D eigenvalue weighted by molar-refractivity contribution is -0.156. The Kier molecular flexibility index (Phi) is 2.92. The molecule has 0 aromatic carbocycles. The van der Waals surface area contributed by atoms with E-state index in [0.717, 1.165) is 5.92 Å². The van der Waals surface area contributed by atoms with E-state index in [9.17, 15) is 0 Å². The Balaban J connectivity index is 2.17. The quantitative estimate of drug-likeness (QED) is 0.585. The van der Waals surface area contributed by atoms with E-state index in [-0.39, 0.29) is 0 Å². The number of hydrogen-bond acceptors (Lipinski definition) is 0. The maximum atomic E-state index is 2.56. The highest BCUT2D eigenvalue weighted by atomic mass is 14.6. The molecule has 0 bridgehead atoms. The highest BCUT2D eigenvalue weighted by Crippen LogP contribution is 2.67. The molecule has 0 N–H and O–H groups in total. The van der Waals surface area contributed by atoms with Gasteiger partial charge in [0.2, 0.25) is 0 Å². The van der Waals surface area contributed by atoms with E-state index in [1.54, 1.807) is 0 Å². The first-order valence-electron chi connectivity index (χ1n) is 7.31. The van der Waals surface area contributed by atoms with Gasteiger partial charge in [-0.25, -0.2) is 0 Å². The summed E-state index contributed by atoms with van der Waals surface area (Å²) in [6.07, 6.45) is 10.3. The Labute approximate surface area is 102 Å². The standard InChI is InChI=1S/C16H30/c1-14(2)11-12-16(14,5)15(3,4)13-9-7-6-8-10-13/h13H,6-12H2,1-5H3. The summed E-state index contributed by atoms with van der Waals surface area (Å²) in [5, 5.41) is 0. The van der Waals surface area contributed by atoms with E-state index >= 15 is 0 Å². The third-order valence-corrected chi connectivity index (χ3v) is 6.79. The fourth-order valence-electron chi connectivity index (χ4n) is 4.47. The van der Waals surface area contributed by atoms with Crippen LogP contribution in [0.15, 0.2) is 0 Å². The minimum Gasteiger partial charge on any atom is -0.0594 e. The highest BCUT2D eigenvalue weighted by Gasteiger charge is 2.59. The Morgan fingerprint density at radius 2 is 1.44 bits per heavy atom. The van der Waals surface area contributed by atoms with Crippen molar-refractivity contribution >= 4 is 0 Å². The molecular formula is C16H30. The van der Waals surface area contributed by atoms with Gasteiger partial charge in [-0.05, 0) is 47.8 Å². The van der Waals surface area contributed by atoms with Crippen LogP contribution in [0.25, 0.3) is 0 Å². The molecule has 0 heteroatoms. The van der Waals surface area contributed by atoms with E-state index in [2.05, 4.69) is 34.6 Å². The first kappa shape index (κ1) is 12.5. The molecule has 0 aliphatic heterocycles. The van der Waals surface area contributed by atoms with E-state index in [1.165, 1.54) is 44.9 Å². The molecule has 0 amide bonds. The van der Waals surface area contributed by atoms with Crippen LogP contribution in [0.5, 0.6) is 0 Å². The largest absolute Gasteiger partial charge is 0.0594 e. The highest BCUT2D eigenvalue weighted by molar-refractivity contribution is 5.08. The summed E-state index contributed by atoms with van der Waals surface area (Å²) in [6, 6.07) is 0. The van der Waals surface area contributed by atoms with Gasteiger partial charge in [-0.2, -0.15) is 0 Å². The van der Waals surface area contributed by atoms with Crippen molar-refractivity contribution in [1.29, 1.82) is 0 Å². The fourth-order valence-corrected chi connectivity index (χ4v) is 4.47. The van der Waals surface area contributed by atoms with Crippen LogP contribution < -0.4 is 0 Å². The summed E-state index contributed by atoms with van der Waals surface area (Å²) in [5.74, 6) is 0.978. The maximum absolute atomic E-state index is 2.56. The molecule has 16 heavy (non-hydrogen) atoms. The molecule has 0 saturated heterocycles. The van der Waals surface area contributed by atoms with E-state index < -0.39 is 0 Å². The Morgan fingerprint density at radius 3 is 1.81 bits per heavy atom. The number of rotatable bonds is 2. The molecule has 2 saturated carbocycles. The minimum atomic E-state index is 0.537. The van der Waals surface area contributed by atoms with Crippen molar-refractivity contribution in [2.24, 2.45) is 22.2 Å². The molecule has 2 rings (SSSR count). The normalized spacial score (nSPS) is 35.8. The first-order valence-corrected chi connectivity index (χ1v) is 7.31. The lowest BCUT2D eigenvalue weighted by Gasteiger charge is -2.65. The van der Waals surface area contributed by atoms with Crippen LogP contribution >= 0.6 is 0 Å². The van der Waals surface area contributed by atoms with Crippen molar-refractivity contribution in [3.63, 3.8) is 0 Å². The SMILES string of the molecule is CC1(C)CCC1(C)C(C)(C)C1CCCCC1. The zero-order valence-corrected chi connectivity index (χ0v) is 12.0. The maximum Gasteiger partial charge on any atom is -0.0220 e. The third kappa shape index (κ3) is 1.56. The molecule has 0 radical (unpaired) electrons. The molecule has 1 unspecified atom stereocenters. The summed E-state index contributed by atoms with van der Waals surface area (Å²) in [7, 11) is 0. The summed E-state index contributed by atoms with van der Waals surface area (Å²) in [4.78, 5) is 0. The second-order valence-electron chi connectivity index (χ2n) is 7.77. The van der Waals surface area contributed by atoms with E-state index in [1.807, 2.05) is 0 Å². The molecule has 94 valence electrons. The molecule has 0 spiro atoms. The molecule has 0 heterocycles. The molecule has 0 aromatic heterocycles. The third-order valence-electron chi connectivity index (χ3n) is 6.79. The summed E-state index contributed by atoms with van der Waals surface area (Å²) >= 11 is 0. The van der Waals surface area contributed by atoms with Gasteiger partial charge in [0.05, 0.1) is 0 Å². The van der Waals surface area contributed by atoms with Gasteiger partial charge < -0.3 is 0 Å². The lowest BCUT2D eigenvalue weighted by atomic mass is 9.40. The zero-order chi connectivity index (χ0) is 12.0. The van der Waals surface area contributed by atoms with Crippen molar-refractivity contribution in [1.82, 2.24) is 0 Å². The fraction of sp³-hybridized carbons (Fsp3) is 1.00. The van der Waals surface area contributed by atoms with Crippen molar-refractivity contribution in [2.45, 2.75) is 79.6 Å². The Hall–Kier alpha value is 0. The van der Waals surface area contributed by atoms with Gasteiger partial charge in [0, 0.05) is 0 Å². The van der Waals surface area contributed by atoms with Gasteiger partial charge in [0.25, 0.3) is 0 Å². The van der Waals surface area contributed by atoms with Crippen LogP contribution in [-0.4, -0.2) is 0 Å². The number of hydrogen-bond donors (Lipinski definition) is 0. The van der Waals surface area contributed by atoms with Gasteiger partial charge in [-0.1, -0.05) is 53.9 Å². The van der Waals surface area contributed by atoms with Crippen LogP contribution in [0.4, 0.5) is 0 Å². The minimum absolute atomic E-state index is 0.537. The average Bonchev–Trinajstić information content (AvgIpc) is 2.27. The molecule has 2 aliphatic carbocycles.